The lowest BCUT2D eigenvalue weighted by atomic mass is 10.2. The molecule has 86 valence electrons. The third kappa shape index (κ3) is 3.44. The molecule has 0 saturated heterocycles. The predicted octanol–water partition coefficient (Wildman–Crippen LogP) is 1.56. The van der Waals surface area contributed by atoms with Crippen LogP contribution in [0.25, 0.3) is 0 Å². The van der Waals surface area contributed by atoms with E-state index in [1.807, 2.05) is 0 Å². The van der Waals surface area contributed by atoms with E-state index in [2.05, 4.69) is 10.1 Å². The summed E-state index contributed by atoms with van der Waals surface area (Å²) in [5.74, 6) is -0.288. The van der Waals surface area contributed by atoms with Crippen LogP contribution in [-0.4, -0.2) is 24.6 Å². The summed E-state index contributed by atoms with van der Waals surface area (Å²) in [6, 6.07) is 4.94. The predicted molar refractivity (Wildman–Crippen MR) is 67.8 cm³/mol. The molecule has 0 heterocycles. The van der Waals surface area contributed by atoms with Crippen LogP contribution in [0.2, 0.25) is 5.02 Å². The van der Waals surface area contributed by atoms with E-state index < -0.39 is 0 Å². The van der Waals surface area contributed by atoms with Gasteiger partial charge in [0.15, 0.2) is 0 Å². The van der Waals surface area contributed by atoms with Crippen molar-refractivity contribution >= 4 is 40.4 Å². The minimum Gasteiger partial charge on any atom is -0.389 e. The molecule has 0 atom stereocenters. The van der Waals surface area contributed by atoms with Crippen molar-refractivity contribution in [1.82, 2.24) is 0 Å². The second-order valence-electron chi connectivity index (χ2n) is 3.04. The van der Waals surface area contributed by atoms with E-state index in [-0.39, 0.29) is 17.5 Å². The number of carbonyl (C=O) groups is 1. The molecule has 0 aliphatic heterocycles. The molecule has 1 amide bonds. The van der Waals surface area contributed by atoms with Crippen molar-refractivity contribution in [2.75, 3.05) is 19.0 Å². The molecule has 0 fully saturated rings. The maximum atomic E-state index is 11.3. The number of amides is 1. The van der Waals surface area contributed by atoms with Gasteiger partial charge in [0.2, 0.25) is 5.91 Å². The van der Waals surface area contributed by atoms with E-state index in [1.165, 1.54) is 7.11 Å². The fourth-order valence-corrected chi connectivity index (χ4v) is 1.38. The summed E-state index contributed by atoms with van der Waals surface area (Å²) in [5.41, 5.74) is 6.59. The Kier molecular flexibility index (Phi) is 4.67. The van der Waals surface area contributed by atoms with Crippen LogP contribution in [0.3, 0.4) is 0 Å². The van der Waals surface area contributed by atoms with E-state index in [1.54, 1.807) is 18.2 Å². The van der Waals surface area contributed by atoms with E-state index in [0.717, 1.165) is 0 Å². The quantitative estimate of drug-likeness (QED) is 0.805. The number of nitrogens with one attached hydrogen (secondary N) is 1. The lowest BCUT2D eigenvalue weighted by Gasteiger charge is -2.08. The van der Waals surface area contributed by atoms with Crippen LogP contribution in [0.15, 0.2) is 18.2 Å². The fourth-order valence-electron chi connectivity index (χ4n) is 1.09. The van der Waals surface area contributed by atoms with Crippen molar-refractivity contribution in [2.24, 2.45) is 5.73 Å². The highest BCUT2D eigenvalue weighted by atomic mass is 35.5. The van der Waals surface area contributed by atoms with Gasteiger partial charge in [0.25, 0.3) is 0 Å². The van der Waals surface area contributed by atoms with Gasteiger partial charge in [-0.1, -0.05) is 29.9 Å². The maximum Gasteiger partial charge on any atom is 0.250 e. The van der Waals surface area contributed by atoms with Crippen LogP contribution in [-0.2, 0) is 9.53 Å². The number of methoxy groups -OCH3 is 1. The smallest absolute Gasteiger partial charge is 0.250 e. The number of nitrogens with two attached hydrogens (primary N) is 1. The van der Waals surface area contributed by atoms with E-state index in [0.29, 0.717) is 16.3 Å². The summed E-state index contributed by atoms with van der Waals surface area (Å²) in [6.45, 7) is -0.0341. The van der Waals surface area contributed by atoms with E-state index in [4.69, 9.17) is 29.6 Å². The Hall–Kier alpha value is -1.17. The Labute approximate surface area is 104 Å². The summed E-state index contributed by atoms with van der Waals surface area (Å²) < 4.78 is 4.69. The largest absolute Gasteiger partial charge is 0.389 e. The summed E-state index contributed by atoms with van der Waals surface area (Å²) in [5, 5.41) is 3.02. The number of hydrogen-bond acceptors (Lipinski definition) is 3. The van der Waals surface area contributed by atoms with Gasteiger partial charge in [-0.05, 0) is 12.1 Å². The number of hydrogen-bond donors (Lipinski definition) is 2. The summed E-state index contributed by atoms with van der Waals surface area (Å²) >= 11 is 10.7. The van der Waals surface area contributed by atoms with E-state index in [9.17, 15) is 4.79 Å². The van der Waals surface area contributed by atoms with Crippen molar-refractivity contribution in [3.05, 3.63) is 28.8 Å². The van der Waals surface area contributed by atoms with Crippen LogP contribution in [0, 0.1) is 0 Å². The van der Waals surface area contributed by atoms with Crippen molar-refractivity contribution in [3.8, 4) is 0 Å². The summed E-state index contributed by atoms with van der Waals surface area (Å²) in [7, 11) is 1.44. The molecule has 0 aliphatic carbocycles. The zero-order valence-electron chi connectivity index (χ0n) is 8.62. The number of benzene rings is 1. The molecule has 6 heteroatoms. The van der Waals surface area contributed by atoms with Crippen LogP contribution in [0.5, 0.6) is 0 Å². The molecule has 0 radical (unpaired) electrons. The number of carbonyl (C=O) groups excluding carboxylic acids is 1. The highest BCUT2D eigenvalue weighted by molar-refractivity contribution is 7.80. The second-order valence-corrected chi connectivity index (χ2v) is 3.89. The fraction of sp³-hybridized carbons (Fsp3) is 0.200. The number of rotatable bonds is 4. The lowest BCUT2D eigenvalue weighted by molar-refractivity contribution is -0.119. The second kappa shape index (κ2) is 5.79. The van der Waals surface area contributed by atoms with Crippen LogP contribution >= 0.6 is 23.8 Å². The number of halogens is 1. The standard InChI is InChI=1S/C10H11ClN2O2S/c1-15-5-9(14)13-8-4-6(10(12)16)2-3-7(8)11/h2-4H,5H2,1H3,(H2,12,16)(H,13,14). The maximum absolute atomic E-state index is 11.3. The molecule has 0 saturated carbocycles. The zero-order chi connectivity index (χ0) is 12.1. The highest BCUT2D eigenvalue weighted by Crippen LogP contribution is 2.22. The molecule has 1 aromatic carbocycles. The molecular weight excluding hydrogens is 248 g/mol. The van der Waals surface area contributed by atoms with E-state index >= 15 is 0 Å². The Morgan fingerprint density at radius 1 is 1.62 bits per heavy atom. The zero-order valence-corrected chi connectivity index (χ0v) is 10.2. The molecule has 16 heavy (non-hydrogen) atoms. The monoisotopic (exact) mass is 258 g/mol. The van der Waals surface area contributed by atoms with Crippen molar-refractivity contribution in [1.29, 1.82) is 0 Å². The van der Waals surface area contributed by atoms with Crippen molar-refractivity contribution in [3.63, 3.8) is 0 Å². The first kappa shape index (κ1) is 12.9. The Balaban J connectivity index is 2.90. The normalized spacial score (nSPS) is 9.88. The molecule has 0 spiro atoms. The topological polar surface area (TPSA) is 64.3 Å². The molecule has 3 N–H and O–H groups in total. The molecule has 1 aromatic rings. The Bertz CT molecular complexity index is 423. The lowest BCUT2D eigenvalue weighted by Crippen LogP contribution is -2.18. The van der Waals surface area contributed by atoms with Crippen LogP contribution in [0.4, 0.5) is 5.69 Å². The number of ether oxygens (including phenoxy) is 1. The molecule has 1 rings (SSSR count). The van der Waals surface area contributed by atoms with Gasteiger partial charge >= 0.3 is 0 Å². The van der Waals surface area contributed by atoms with Gasteiger partial charge < -0.3 is 15.8 Å². The van der Waals surface area contributed by atoms with Crippen molar-refractivity contribution in [2.45, 2.75) is 0 Å². The van der Waals surface area contributed by atoms with Gasteiger partial charge in [0.1, 0.15) is 11.6 Å². The number of anilines is 1. The Morgan fingerprint density at radius 3 is 2.88 bits per heavy atom. The molecule has 0 unspecified atom stereocenters. The van der Waals surface area contributed by atoms with Gasteiger partial charge in [-0.25, -0.2) is 0 Å². The SMILES string of the molecule is COCC(=O)Nc1cc(C(N)=S)ccc1Cl. The third-order valence-electron chi connectivity index (χ3n) is 1.80. The minimum absolute atomic E-state index is 0.0341. The van der Waals surface area contributed by atoms with Crippen LogP contribution < -0.4 is 11.1 Å². The summed E-state index contributed by atoms with van der Waals surface area (Å²) in [4.78, 5) is 11.5. The first-order valence-electron chi connectivity index (χ1n) is 4.42. The van der Waals surface area contributed by atoms with Gasteiger partial charge in [-0.2, -0.15) is 0 Å². The third-order valence-corrected chi connectivity index (χ3v) is 2.37. The minimum atomic E-state index is -0.288. The van der Waals surface area contributed by atoms with Gasteiger partial charge in [0, 0.05) is 12.7 Å². The molecular formula is C10H11ClN2O2S. The first-order chi connectivity index (χ1) is 7.54. The highest BCUT2D eigenvalue weighted by Gasteiger charge is 2.07. The van der Waals surface area contributed by atoms with Gasteiger partial charge in [-0.15, -0.1) is 0 Å². The molecule has 0 aliphatic rings. The van der Waals surface area contributed by atoms with Gasteiger partial charge in [-0.3, -0.25) is 4.79 Å². The molecule has 0 bridgehead atoms. The first-order valence-corrected chi connectivity index (χ1v) is 5.21. The van der Waals surface area contributed by atoms with Crippen LogP contribution in [0.1, 0.15) is 5.56 Å². The Morgan fingerprint density at radius 2 is 2.31 bits per heavy atom. The molecule has 0 aromatic heterocycles. The number of thiocarbonyl (C=S) groups is 1. The average Bonchev–Trinajstić information content (AvgIpc) is 2.21. The van der Waals surface area contributed by atoms with Gasteiger partial charge in [0.05, 0.1) is 10.7 Å². The van der Waals surface area contributed by atoms with Crippen molar-refractivity contribution < 1.29 is 9.53 Å². The average molecular weight is 259 g/mol. The molecule has 4 nitrogen and oxygen atoms in total. The summed E-state index contributed by atoms with van der Waals surface area (Å²) in [6.07, 6.45) is 0.